The van der Waals surface area contributed by atoms with Crippen molar-refractivity contribution >= 4 is 0 Å². The van der Waals surface area contributed by atoms with Crippen LogP contribution in [0, 0.1) is 0 Å². The molecule has 0 unspecified atom stereocenters. The molecule has 0 aliphatic rings. The first-order valence-corrected chi connectivity index (χ1v) is 5.27. The van der Waals surface area contributed by atoms with E-state index in [0.717, 1.165) is 18.4 Å². The van der Waals surface area contributed by atoms with Gasteiger partial charge in [0.25, 0.3) is 0 Å². The molecular weight excluding hydrogens is 172 g/mol. The molecule has 0 atom stereocenters. The molecule has 0 aliphatic carbocycles. The number of rotatable bonds is 2. The van der Waals surface area contributed by atoms with E-state index in [9.17, 15) is 5.11 Å². The zero-order valence-electron chi connectivity index (χ0n) is 9.59. The van der Waals surface area contributed by atoms with Crippen LogP contribution in [0.4, 0.5) is 0 Å². The SMILES string of the molecule is CCCc1ccc(C(C)(C)C)cc1O. The lowest BCUT2D eigenvalue weighted by atomic mass is 9.86. The van der Waals surface area contributed by atoms with Crippen LogP contribution in [0.2, 0.25) is 0 Å². The Bertz CT molecular complexity index is 308. The van der Waals surface area contributed by atoms with E-state index in [0.29, 0.717) is 5.75 Å². The predicted molar refractivity (Wildman–Crippen MR) is 60.8 cm³/mol. The van der Waals surface area contributed by atoms with Crippen LogP contribution in [0.1, 0.15) is 45.2 Å². The summed E-state index contributed by atoms with van der Waals surface area (Å²) >= 11 is 0. The van der Waals surface area contributed by atoms with Crippen molar-refractivity contribution in [1.29, 1.82) is 0 Å². The molecular formula is C13H20O. The predicted octanol–water partition coefficient (Wildman–Crippen LogP) is 3.64. The van der Waals surface area contributed by atoms with Crippen LogP contribution in [-0.2, 0) is 11.8 Å². The molecule has 0 aromatic heterocycles. The minimum Gasteiger partial charge on any atom is -0.508 e. The lowest BCUT2D eigenvalue weighted by Crippen LogP contribution is -2.10. The van der Waals surface area contributed by atoms with Crippen molar-refractivity contribution in [3.8, 4) is 5.75 Å². The summed E-state index contributed by atoms with van der Waals surface area (Å²) in [5.41, 5.74) is 2.36. The summed E-state index contributed by atoms with van der Waals surface area (Å²) in [5, 5.41) is 9.79. The first-order valence-electron chi connectivity index (χ1n) is 5.27. The van der Waals surface area contributed by atoms with Crippen LogP contribution in [0.15, 0.2) is 18.2 Å². The largest absolute Gasteiger partial charge is 0.508 e. The molecule has 0 amide bonds. The van der Waals surface area contributed by atoms with Gasteiger partial charge < -0.3 is 5.11 Å². The minimum atomic E-state index is 0.113. The molecule has 78 valence electrons. The summed E-state index contributed by atoms with van der Waals surface area (Å²) in [6.07, 6.45) is 2.03. The van der Waals surface area contributed by atoms with Crippen molar-refractivity contribution in [3.05, 3.63) is 29.3 Å². The van der Waals surface area contributed by atoms with Crippen LogP contribution in [0.5, 0.6) is 5.75 Å². The van der Waals surface area contributed by atoms with Gasteiger partial charge in [0, 0.05) is 0 Å². The molecule has 0 fully saturated rings. The fraction of sp³-hybridized carbons (Fsp3) is 0.538. The molecule has 0 heterocycles. The Morgan fingerprint density at radius 1 is 1.21 bits per heavy atom. The van der Waals surface area contributed by atoms with Gasteiger partial charge in [0.05, 0.1) is 0 Å². The van der Waals surface area contributed by atoms with E-state index in [1.807, 2.05) is 12.1 Å². The Labute approximate surface area is 86.8 Å². The number of phenols is 1. The fourth-order valence-electron chi connectivity index (χ4n) is 1.51. The standard InChI is InChI=1S/C13H20O/c1-5-6-10-7-8-11(9-12(10)14)13(2,3)4/h7-9,14H,5-6H2,1-4H3. The van der Waals surface area contributed by atoms with E-state index < -0.39 is 0 Å². The summed E-state index contributed by atoms with van der Waals surface area (Å²) in [6.45, 7) is 8.58. The average Bonchev–Trinajstić information content (AvgIpc) is 2.07. The highest BCUT2D eigenvalue weighted by Crippen LogP contribution is 2.28. The lowest BCUT2D eigenvalue weighted by Gasteiger charge is -2.19. The molecule has 0 saturated heterocycles. The molecule has 1 N–H and O–H groups in total. The molecule has 1 rings (SSSR count). The molecule has 14 heavy (non-hydrogen) atoms. The van der Waals surface area contributed by atoms with E-state index >= 15 is 0 Å². The van der Waals surface area contributed by atoms with Gasteiger partial charge in [0.1, 0.15) is 5.75 Å². The molecule has 1 heteroatoms. The first-order chi connectivity index (χ1) is 6.45. The van der Waals surface area contributed by atoms with Gasteiger partial charge in [0.2, 0.25) is 0 Å². The fourth-order valence-corrected chi connectivity index (χ4v) is 1.51. The topological polar surface area (TPSA) is 20.2 Å². The van der Waals surface area contributed by atoms with Crippen LogP contribution < -0.4 is 0 Å². The first kappa shape index (κ1) is 11.1. The summed E-state index contributed by atoms with van der Waals surface area (Å²) < 4.78 is 0. The molecule has 0 saturated carbocycles. The summed E-state index contributed by atoms with van der Waals surface area (Å²) in [7, 11) is 0. The van der Waals surface area contributed by atoms with E-state index in [1.165, 1.54) is 5.56 Å². The van der Waals surface area contributed by atoms with Crippen molar-refractivity contribution in [2.45, 2.75) is 46.0 Å². The van der Waals surface area contributed by atoms with Gasteiger partial charge in [-0.05, 0) is 29.0 Å². The number of hydrogen-bond donors (Lipinski definition) is 1. The number of aryl methyl sites for hydroxylation is 1. The second kappa shape index (κ2) is 4.04. The van der Waals surface area contributed by atoms with Crippen LogP contribution in [0.3, 0.4) is 0 Å². The zero-order valence-corrected chi connectivity index (χ0v) is 9.59. The normalized spacial score (nSPS) is 11.7. The Morgan fingerprint density at radius 3 is 2.29 bits per heavy atom. The van der Waals surface area contributed by atoms with E-state index in [1.54, 1.807) is 0 Å². The Kier molecular flexibility index (Phi) is 3.20. The van der Waals surface area contributed by atoms with Crippen molar-refractivity contribution < 1.29 is 5.11 Å². The molecule has 0 aliphatic heterocycles. The third kappa shape index (κ3) is 2.50. The van der Waals surface area contributed by atoms with Gasteiger partial charge in [-0.25, -0.2) is 0 Å². The number of hydrogen-bond acceptors (Lipinski definition) is 1. The van der Waals surface area contributed by atoms with E-state index in [4.69, 9.17) is 0 Å². The Morgan fingerprint density at radius 2 is 1.86 bits per heavy atom. The van der Waals surface area contributed by atoms with Crippen molar-refractivity contribution in [1.82, 2.24) is 0 Å². The molecule has 0 radical (unpaired) electrons. The van der Waals surface area contributed by atoms with Crippen molar-refractivity contribution in [2.75, 3.05) is 0 Å². The monoisotopic (exact) mass is 192 g/mol. The van der Waals surface area contributed by atoms with E-state index in [-0.39, 0.29) is 5.41 Å². The van der Waals surface area contributed by atoms with Gasteiger partial charge in [-0.15, -0.1) is 0 Å². The summed E-state index contributed by atoms with van der Waals surface area (Å²) in [5.74, 6) is 0.444. The third-order valence-corrected chi connectivity index (χ3v) is 2.47. The number of aromatic hydroxyl groups is 1. The number of benzene rings is 1. The van der Waals surface area contributed by atoms with Crippen molar-refractivity contribution in [2.24, 2.45) is 0 Å². The molecule has 1 aromatic rings. The third-order valence-electron chi connectivity index (χ3n) is 2.47. The van der Waals surface area contributed by atoms with Crippen LogP contribution >= 0.6 is 0 Å². The molecule has 0 spiro atoms. The maximum Gasteiger partial charge on any atom is 0.119 e. The highest BCUT2D eigenvalue weighted by atomic mass is 16.3. The quantitative estimate of drug-likeness (QED) is 0.758. The van der Waals surface area contributed by atoms with Gasteiger partial charge in [-0.3, -0.25) is 0 Å². The highest BCUT2D eigenvalue weighted by molar-refractivity contribution is 5.39. The van der Waals surface area contributed by atoms with Crippen molar-refractivity contribution in [3.63, 3.8) is 0 Å². The van der Waals surface area contributed by atoms with E-state index in [2.05, 4.69) is 33.8 Å². The molecule has 0 bridgehead atoms. The summed E-state index contributed by atoms with van der Waals surface area (Å²) in [4.78, 5) is 0. The lowest BCUT2D eigenvalue weighted by molar-refractivity contribution is 0.463. The van der Waals surface area contributed by atoms with Gasteiger partial charge in [-0.1, -0.05) is 46.2 Å². The maximum absolute atomic E-state index is 9.79. The Hall–Kier alpha value is -0.980. The average molecular weight is 192 g/mol. The second-order valence-electron chi connectivity index (χ2n) is 4.84. The second-order valence-corrected chi connectivity index (χ2v) is 4.84. The van der Waals surface area contributed by atoms with Gasteiger partial charge in [0.15, 0.2) is 0 Å². The van der Waals surface area contributed by atoms with Gasteiger partial charge >= 0.3 is 0 Å². The van der Waals surface area contributed by atoms with Gasteiger partial charge in [-0.2, -0.15) is 0 Å². The minimum absolute atomic E-state index is 0.113. The maximum atomic E-state index is 9.79. The van der Waals surface area contributed by atoms with Crippen LogP contribution in [0.25, 0.3) is 0 Å². The zero-order chi connectivity index (χ0) is 10.8. The Balaban J connectivity index is 3.01. The smallest absolute Gasteiger partial charge is 0.119 e. The van der Waals surface area contributed by atoms with Crippen LogP contribution in [-0.4, -0.2) is 5.11 Å². The highest BCUT2D eigenvalue weighted by Gasteiger charge is 2.14. The molecule has 1 nitrogen and oxygen atoms in total. The summed E-state index contributed by atoms with van der Waals surface area (Å²) in [6, 6.07) is 6.05. The molecule has 1 aromatic carbocycles. The number of phenolic OH excluding ortho intramolecular Hbond substituents is 1.